The molecule has 0 aliphatic carbocycles. The lowest BCUT2D eigenvalue weighted by Crippen LogP contribution is -2.26. The Bertz CT molecular complexity index is 449. The lowest BCUT2D eigenvalue weighted by atomic mass is 10.4. The fourth-order valence-electron chi connectivity index (χ4n) is 1.29. The van der Waals surface area contributed by atoms with Gasteiger partial charge in [-0.2, -0.15) is 13.2 Å². The first-order chi connectivity index (χ1) is 8.70. The van der Waals surface area contributed by atoms with Crippen molar-refractivity contribution in [3.63, 3.8) is 0 Å². The first-order valence-electron chi connectivity index (χ1n) is 5.22. The molecule has 19 heavy (non-hydrogen) atoms. The number of hydrogen-bond donors (Lipinski definition) is 1. The maximum absolute atomic E-state index is 12.1. The standard InChI is InChI=1S/C9H13F3N4O2S/c1-15(4-3-9(10,11)12)7-13-14-8(16(7)2)19-5-6(17)18/h3-5H2,1-2H3,(H,17,18). The van der Waals surface area contributed by atoms with Crippen molar-refractivity contribution in [3.05, 3.63) is 0 Å². The molecule has 0 aliphatic heterocycles. The van der Waals surface area contributed by atoms with Crippen LogP contribution in [0.25, 0.3) is 0 Å². The number of carbonyl (C=O) groups is 1. The van der Waals surface area contributed by atoms with Crippen LogP contribution in [0, 0.1) is 0 Å². The van der Waals surface area contributed by atoms with E-state index in [0.717, 1.165) is 11.8 Å². The molecule has 1 aromatic rings. The van der Waals surface area contributed by atoms with Crippen LogP contribution < -0.4 is 4.90 Å². The number of rotatable bonds is 6. The van der Waals surface area contributed by atoms with Crippen LogP contribution in [0.4, 0.5) is 19.1 Å². The molecule has 1 rings (SSSR count). The molecule has 10 heteroatoms. The molecule has 0 radical (unpaired) electrons. The van der Waals surface area contributed by atoms with Crippen LogP contribution in [0.15, 0.2) is 5.16 Å². The van der Waals surface area contributed by atoms with Gasteiger partial charge in [0.1, 0.15) is 0 Å². The van der Waals surface area contributed by atoms with E-state index in [-0.39, 0.29) is 18.2 Å². The fraction of sp³-hybridized carbons (Fsp3) is 0.667. The van der Waals surface area contributed by atoms with Crippen molar-refractivity contribution in [2.45, 2.75) is 17.8 Å². The van der Waals surface area contributed by atoms with Gasteiger partial charge in [0.05, 0.1) is 12.2 Å². The Morgan fingerprint density at radius 2 is 2.11 bits per heavy atom. The Hall–Kier alpha value is -1.45. The zero-order chi connectivity index (χ0) is 14.6. The molecule has 1 aromatic heterocycles. The summed E-state index contributed by atoms with van der Waals surface area (Å²) in [5.41, 5.74) is 0. The second-order valence-electron chi connectivity index (χ2n) is 3.81. The molecule has 6 nitrogen and oxygen atoms in total. The highest BCUT2D eigenvalue weighted by atomic mass is 32.2. The van der Waals surface area contributed by atoms with Gasteiger partial charge in [0.2, 0.25) is 5.95 Å². The molecule has 0 fully saturated rings. The summed E-state index contributed by atoms with van der Waals surface area (Å²) >= 11 is 0.958. The van der Waals surface area contributed by atoms with Crippen molar-refractivity contribution in [1.82, 2.24) is 14.8 Å². The first-order valence-corrected chi connectivity index (χ1v) is 6.21. The van der Waals surface area contributed by atoms with Crippen LogP contribution >= 0.6 is 11.8 Å². The molecule has 0 atom stereocenters. The summed E-state index contributed by atoms with van der Waals surface area (Å²) in [6.07, 6.45) is -5.18. The van der Waals surface area contributed by atoms with E-state index in [1.165, 1.54) is 16.5 Å². The second-order valence-corrected chi connectivity index (χ2v) is 4.75. The molecule has 0 unspecified atom stereocenters. The fourth-order valence-corrected chi connectivity index (χ4v) is 1.91. The summed E-state index contributed by atoms with van der Waals surface area (Å²) in [6, 6.07) is 0. The highest BCUT2D eigenvalue weighted by molar-refractivity contribution is 7.99. The van der Waals surface area contributed by atoms with Crippen molar-refractivity contribution in [2.75, 3.05) is 24.2 Å². The number of carboxylic acid groups (broad SMARTS) is 1. The van der Waals surface area contributed by atoms with E-state index in [1.807, 2.05) is 0 Å². The minimum atomic E-state index is -4.23. The van der Waals surface area contributed by atoms with Gasteiger partial charge < -0.3 is 10.0 Å². The largest absolute Gasteiger partial charge is 0.481 e. The molecule has 0 saturated carbocycles. The summed E-state index contributed by atoms with van der Waals surface area (Å²) < 4.78 is 37.8. The molecule has 0 aromatic carbocycles. The van der Waals surface area contributed by atoms with E-state index in [9.17, 15) is 18.0 Å². The molecule has 0 amide bonds. The van der Waals surface area contributed by atoms with Gasteiger partial charge in [0, 0.05) is 20.6 Å². The highest BCUT2D eigenvalue weighted by Crippen LogP contribution is 2.23. The van der Waals surface area contributed by atoms with Gasteiger partial charge in [-0.1, -0.05) is 11.8 Å². The third kappa shape index (κ3) is 4.97. The van der Waals surface area contributed by atoms with Crippen LogP contribution in [-0.2, 0) is 11.8 Å². The van der Waals surface area contributed by atoms with Crippen LogP contribution in [0.3, 0.4) is 0 Å². The number of alkyl halides is 3. The normalized spacial score (nSPS) is 11.6. The summed E-state index contributed by atoms with van der Waals surface area (Å²) in [7, 11) is 3.05. The number of anilines is 1. The first kappa shape index (κ1) is 15.6. The van der Waals surface area contributed by atoms with E-state index >= 15 is 0 Å². The lowest BCUT2D eigenvalue weighted by Gasteiger charge is -2.18. The van der Waals surface area contributed by atoms with Gasteiger partial charge in [0.25, 0.3) is 0 Å². The van der Waals surface area contributed by atoms with E-state index in [0.29, 0.717) is 5.16 Å². The Kier molecular flexibility index (Phi) is 5.04. The molecule has 108 valence electrons. The minimum Gasteiger partial charge on any atom is -0.481 e. The zero-order valence-electron chi connectivity index (χ0n) is 10.3. The van der Waals surface area contributed by atoms with E-state index in [2.05, 4.69) is 10.2 Å². The smallest absolute Gasteiger partial charge is 0.390 e. The molecule has 1 heterocycles. The predicted octanol–water partition coefficient (Wildman–Crippen LogP) is 1.38. The Morgan fingerprint density at radius 1 is 1.47 bits per heavy atom. The number of aliphatic carboxylic acids is 1. The van der Waals surface area contributed by atoms with E-state index < -0.39 is 18.6 Å². The number of carboxylic acids is 1. The van der Waals surface area contributed by atoms with E-state index in [1.54, 1.807) is 7.05 Å². The number of aromatic nitrogens is 3. The molecular weight excluding hydrogens is 285 g/mol. The number of thioether (sulfide) groups is 1. The van der Waals surface area contributed by atoms with Crippen LogP contribution in [0.1, 0.15) is 6.42 Å². The predicted molar refractivity (Wildman–Crippen MR) is 63.3 cm³/mol. The molecule has 0 saturated heterocycles. The Morgan fingerprint density at radius 3 is 2.63 bits per heavy atom. The topological polar surface area (TPSA) is 71.2 Å². The third-order valence-electron chi connectivity index (χ3n) is 2.21. The number of nitrogens with zero attached hydrogens (tertiary/aromatic N) is 4. The summed E-state index contributed by atoms with van der Waals surface area (Å²) in [5, 5.41) is 16.4. The van der Waals surface area contributed by atoms with Gasteiger partial charge in [-0.05, 0) is 0 Å². The maximum atomic E-state index is 12.1. The summed E-state index contributed by atoms with van der Waals surface area (Å²) in [5.74, 6) is -0.921. The van der Waals surface area contributed by atoms with Crippen molar-refractivity contribution in [1.29, 1.82) is 0 Å². The zero-order valence-corrected chi connectivity index (χ0v) is 11.1. The number of hydrogen-bond acceptors (Lipinski definition) is 5. The quantitative estimate of drug-likeness (QED) is 0.800. The second kappa shape index (κ2) is 6.13. The maximum Gasteiger partial charge on any atom is 0.390 e. The van der Waals surface area contributed by atoms with Crippen molar-refractivity contribution in [2.24, 2.45) is 7.05 Å². The number of halogens is 3. The molecule has 0 bridgehead atoms. The van der Waals surface area contributed by atoms with Gasteiger partial charge in [0.15, 0.2) is 5.16 Å². The molecular formula is C9H13F3N4O2S. The molecule has 1 N–H and O–H groups in total. The Labute approximate surface area is 111 Å². The van der Waals surface area contributed by atoms with Crippen LogP contribution in [0.2, 0.25) is 0 Å². The summed E-state index contributed by atoms with van der Waals surface area (Å²) in [4.78, 5) is 11.7. The van der Waals surface area contributed by atoms with Gasteiger partial charge in [-0.3, -0.25) is 9.36 Å². The minimum absolute atomic E-state index is 0.182. The third-order valence-corrected chi connectivity index (χ3v) is 3.21. The van der Waals surface area contributed by atoms with E-state index in [4.69, 9.17) is 5.11 Å². The summed E-state index contributed by atoms with van der Waals surface area (Å²) in [6.45, 7) is -0.237. The van der Waals surface area contributed by atoms with Crippen molar-refractivity contribution < 1.29 is 23.1 Å². The van der Waals surface area contributed by atoms with Gasteiger partial charge in [-0.25, -0.2) is 0 Å². The monoisotopic (exact) mass is 298 g/mol. The Balaban J connectivity index is 2.66. The molecule has 0 aliphatic rings. The van der Waals surface area contributed by atoms with Crippen molar-refractivity contribution in [3.8, 4) is 0 Å². The van der Waals surface area contributed by atoms with Crippen molar-refractivity contribution >= 4 is 23.7 Å². The highest BCUT2D eigenvalue weighted by Gasteiger charge is 2.28. The lowest BCUT2D eigenvalue weighted by molar-refractivity contribution is -0.134. The SMILES string of the molecule is CN(CCC(F)(F)F)c1nnc(SCC(=O)O)n1C. The van der Waals surface area contributed by atoms with Gasteiger partial charge >= 0.3 is 12.1 Å². The molecule has 0 spiro atoms. The van der Waals surface area contributed by atoms with Crippen LogP contribution in [-0.4, -0.2) is 51.4 Å². The van der Waals surface area contributed by atoms with Gasteiger partial charge in [-0.15, -0.1) is 10.2 Å². The average molecular weight is 298 g/mol. The average Bonchev–Trinajstić information content (AvgIpc) is 2.64. The van der Waals surface area contributed by atoms with Crippen LogP contribution in [0.5, 0.6) is 0 Å².